The number of carboxylic acid groups (broad SMARTS) is 1. The van der Waals surface area contributed by atoms with Crippen molar-refractivity contribution in [2.24, 2.45) is 0 Å². The minimum atomic E-state index is -0.979. The van der Waals surface area contributed by atoms with Crippen molar-refractivity contribution in [3.8, 4) is 0 Å². The fourth-order valence-corrected chi connectivity index (χ4v) is 3.67. The molecule has 3 rings (SSSR count). The van der Waals surface area contributed by atoms with E-state index in [9.17, 15) is 9.59 Å². The summed E-state index contributed by atoms with van der Waals surface area (Å²) in [4.78, 5) is 25.7. The van der Waals surface area contributed by atoms with E-state index in [1.165, 1.54) is 16.7 Å². The number of hydrogen-bond donors (Lipinski definition) is 1. The molecule has 0 aliphatic carbocycles. The van der Waals surface area contributed by atoms with Crippen molar-refractivity contribution in [2.45, 2.75) is 57.8 Å². The van der Waals surface area contributed by atoms with E-state index in [0.717, 1.165) is 12.8 Å². The van der Waals surface area contributed by atoms with Gasteiger partial charge in [0, 0.05) is 6.54 Å². The van der Waals surface area contributed by atoms with Gasteiger partial charge in [-0.15, -0.1) is 0 Å². The highest BCUT2D eigenvalue weighted by atomic mass is 16.5. The molecule has 1 amide bonds. The van der Waals surface area contributed by atoms with Crippen LogP contribution in [0, 0.1) is 13.8 Å². The standard InChI is InChI=1S/C18H23NO4/c1-11-5-3-6-13(12(11)2)14-7-4-10-19(14)17(20)15-8-9-16(23-15)18(21)22/h3,5-6,14-16H,4,7-10H2,1-2H3,(H,21,22)/t14?,15-,16+/m0/s1. The Balaban J connectivity index is 1.78. The number of hydrogen-bond acceptors (Lipinski definition) is 3. The number of carbonyl (C=O) groups excluding carboxylic acids is 1. The van der Waals surface area contributed by atoms with E-state index in [0.29, 0.717) is 19.4 Å². The fraction of sp³-hybridized carbons (Fsp3) is 0.556. The number of benzene rings is 1. The topological polar surface area (TPSA) is 66.8 Å². The van der Waals surface area contributed by atoms with Crippen molar-refractivity contribution in [3.63, 3.8) is 0 Å². The molecule has 2 fully saturated rings. The number of carbonyl (C=O) groups is 2. The second-order valence-corrected chi connectivity index (χ2v) is 6.51. The molecule has 2 aliphatic heterocycles. The Morgan fingerprint density at radius 1 is 1.17 bits per heavy atom. The zero-order chi connectivity index (χ0) is 16.6. The molecule has 2 saturated heterocycles. The number of carboxylic acids is 1. The van der Waals surface area contributed by atoms with E-state index >= 15 is 0 Å². The molecule has 0 radical (unpaired) electrons. The lowest BCUT2D eigenvalue weighted by Crippen LogP contribution is -2.39. The molecule has 1 aromatic rings. The monoisotopic (exact) mass is 317 g/mol. The molecule has 2 aliphatic rings. The van der Waals surface area contributed by atoms with Crippen LogP contribution in [-0.2, 0) is 14.3 Å². The molecular weight excluding hydrogens is 294 g/mol. The second-order valence-electron chi connectivity index (χ2n) is 6.51. The summed E-state index contributed by atoms with van der Waals surface area (Å²) in [5.74, 6) is -1.04. The van der Waals surface area contributed by atoms with Gasteiger partial charge in [-0.05, 0) is 56.2 Å². The van der Waals surface area contributed by atoms with Gasteiger partial charge in [-0.3, -0.25) is 4.79 Å². The highest BCUT2D eigenvalue weighted by molar-refractivity contribution is 5.83. The zero-order valence-electron chi connectivity index (χ0n) is 13.6. The lowest BCUT2D eigenvalue weighted by Gasteiger charge is -2.29. The molecule has 0 spiro atoms. The maximum atomic E-state index is 12.8. The van der Waals surface area contributed by atoms with Gasteiger partial charge in [0.05, 0.1) is 6.04 Å². The highest BCUT2D eigenvalue weighted by Crippen LogP contribution is 2.36. The van der Waals surface area contributed by atoms with Gasteiger partial charge < -0.3 is 14.7 Å². The minimum absolute atomic E-state index is 0.0582. The first kappa shape index (κ1) is 16.0. The summed E-state index contributed by atoms with van der Waals surface area (Å²) >= 11 is 0. The Kier molecular flexibility index (Phi) is 4.39. The molecule has 0 bridgehead atoms. The van der Waals surface area contributed by atoms with E-state index in [1.807, 2.05) is 11.0 Å². The smallest absolute Gasteiger partial charge is 0.332 e. The van der Waals surface area contributed by atoms with Crippen LogP contribution in [0.4, 0.5) is 0 Å². The Morgan fingerprint density at radius 3 is 2.61 bits per heavy atom. The van der Waals surface area contributed by atoms with Crippen LogP contribution in [0.3, 0.4) is 0 Å². The fourth-order valence-electron chi connectivity index (χ4n) is 3.67. The first-order chi connectivity index (χ1) is 11.0. The SMILES string of the molecule is Cc1cccc(C2CCCN2C(=O)[C@@H]2CC[C@H](C(=O)O)O2)c1C. The number of rotatable bonds is 3. The van der Waals surface area contributed by atoms with Gasteiger partial charge in [-0.1, -0.05) is 18.2 Å². The molecule has 0 aromatic heterocycles. The zero-order valence-corrected chi connectivity index (χ0v) is 13.6. The summed E-state index contributed by atoms with van der Waals surface area (Å²) in [5.41, 5.74) is 3.65. The van der Waals surface area contributed by atoms with Crippen LogP contribution in [0.15, 0.2) is 18.2 Å². The first-order valence-corrected chi connectivity index (χ1v) is 8.24. The van der Waals surface area contributed by atoms with E-state index in [1.54, 1.807) is 0 Å². The Labute approximate surface area is 136 Å². The third kappa shape index (κ3) is 2.98. The molecular formula is C18H23NO4. The molecule has 1 N–H and O–H groups in total. The summed E-state index contributed by atoms with van der Waals surface area (Å²) in [7, 11) is 0. The molecule has 2 heterocycles. The van der Waals surface area contributed by atoms with Gasteiger partial charge in [0.2, 0.25) is 0 Å². The van der Waals surface area contributed by atoms with Gasteiger partial charge in [-0.25, -0.2) is 4.79 Å². The number of likely N-dealkylation sites (tertiary alicyclic amines) is 1. The van der Waals surface area contributed by atoms with Gasteiger partial charge in [0.1, 0.15) is 6.10 Å². The maximum Gasteiger partial charge on any atom is 0.332 e. The molecule has 3 atom stereocenters. The Hall–Kier alpha value is -1.88. The summed E-state index contributed by atoms with van der Waals surface area (Å²) in [6.45, 7) is 4.89. The number of aryl methyl sites for hydroxylation is 1. The van der Waals surface area contributed by atoms with Crippen molar-refractivity contribution < 1.29 is 19.4 Å². The van der Waals surface area contributed by atoms with Crippen LogP contribution in [-0.4, -0.2) is 40.6 Å². The molecule has 1 aromatic carbocycles. The van der Waals surface area contributed by atoms with Gasteiger partial charge in [0.25, 0.3) is 5.91 Å². The maximum absolute atomic E-state index is 12.8. The van der Waals surface area contributed by atoms with E-state index in [2.05, 4.69) is 26.0 Å². The van der Waals surface area contributed by atoms with E-state index < -0.39 is 18.2 Å². The van der Waals surface area contributed by atoms with Crippen LogP contribution in [0.25, 0.3) is 0 Å². The third-order valence-electron chi connectivity index (χ3n) is 5.11. The predicted octanol–water partition coefficient (Wildman–Crippen LogP) is 2.60. The molecule has 1 unspecified atom stereocenters. The summed E-state index contributed by atoms with van der Waals surface area (Å²) < 4.78 is 5.44. The van der Waals surface area contributed by atoms with Crippen molar-refractivity contribution in [2.75, 3.05) is 6.54 Å². The summed E-state index contributed by atoms with van der Waals surface area (Å²) in [6, 6.07) is 6.28. The lowest BCUT2D eigenvalue weighted by atomic mass is 9.95. The van der Waals surface area contributed by atoms with Crippen LogP contribution in [0.2, 0.25) is 0 Å². The van der Waals surface area contributed by atoms with Crippen LogP contribution in [0.5, 0.6) is 0 Å². The lowest BCUT2D eigenvalue weighted by molar-refractivity contribution is -0.155. The number of ether oxygens (including phenoxy) is 1. The van der Waals surface area contributed by atoms with E-state index in [-0.39, 0.29) is 11.9 Å². The molecule has 23 heavy (non-hydrogen) atoms. The average molecular weight is 317 g/mol. The van der Waals surface area contributed by atoms with Crippen molar-refractivity contribution >= 4 is 11.9 Å². The average Bonchev–Trinajstić information content (AvgIpc) is 3.18. The second kappa shape index (κ2) is 6.32. The quantitative estimate of drug-likeness (QED) is 0.930. The van der Waals surface area contributed by atoms with E-state index in [4.69, 9.17) is 9.84 Å². The summed E-state index contributed by atoms with van der Waals surface area (Å²) in [6.07, 6.45) is 1.37. The Morgan fingerprint density at radius 2 is 1.91 bits per heavy atom. The summed E-state index contributed by atoms with van der Waals surface area (Å²) in [5, 5.41) is 9.03. The number of nitrogens with zero attached hydrogens (tertiary/aromatic N) is 1. The van der Waals surface area contributed by atoms with Crippen LogP contribution < -0.4 is 0 Å². The molecule has 5 heteroatoms. The van der Waals surface area contributed by atoms with Crippen molar-refractivity contribution in [3.05, 3.63) is 34.9 Å². The highest BCUT2D eigenvalue weighted by Gasteiger charge is 2.40. The Bertz CT molecular complexity index is 627. The largest absolute Gasteiger partial charge is 0.479 e. The van der Waals surface area contributed by atoms with Crippen molar-refractivity contribution in [1.82, 2.24) is 4.90 Å². The number of amides is 1. The first-order valence-electron chi connectivity index (χ1n) is 8.24. The minimum Gasteiger partial charge on any atom is -0.479 e. The number of aliphatic carboxylic acids is 1. The van der Waals surface area contributed by atoms with Gasteiger partial charge >= 0.3 is 5.97 Å². The normalized spacial score (nSPS) is 27.4. The van der Waals surface area contributed by atoms with Gasteiger partial charge in [0.15, 0.2) is 6.10 Å². The molecule has 124 valence electrons. The van der Waals surface area contributed by atoms with Crippen molar-refractivity contribution in [1.29, 1.82) is 0 Å². The third-order valence-corrected chi connectivity index (χ3v) is 5.11. The van der Waals surface area contributed by atoms with Crippen LogP contribution >= 0.6 is 0 Å². The predicted molar refractivity (Wildman–Crippen MR) is 85.1 cm³/mol. The van der Waals surface area contributed by atoms with Crippen LogP contribution in [0.1, 0.15) is 48.4 Å². The molecule has 5 nitrogen and oxygen atoms in total. The van der Waals surface area contributed by atoms with Gasteiger partial charge in [-0.2, -0.15) is 0 Å². The molecule has 0 saturated carbocycles.